The van der Waals surface area contributed by atoms with Crippen LogP contribution in [-0.2, 0) is 0 Å². The standard InChI is InChI=1S/C17H13F7N2O/c18-12-8-6-11(7-9-12)14(26-25-13-4-2-1-3-5-13)10-15(27,16(19,20)21)17(22,23)24/h1-9,25,27H,10H2/b26-14-. The Balaban J connectivity index is 2.47. The molecule has 0 atom stereocenters. The third-order valence-corrected chi connectivity index (χ3v) is 3.63. The number of hydrazone groups is 1. The fraction of sp³-hybridized carbons (Fsp3) is 0.235. The van der Waals surface area contributed by atoms with Crippen LogP contribution in [0.4, 0.5) is 36.4 Å². The Labute approximate surface area is 149 Å². The van der Waals surface area contributed by atoms with Crippen molar-refractivity contribution < 1.29 is 35.8 Å². The summed E-state index contributed by atoms with van der Waals surface area (Å²) in [4.78, 5) is 0. The molecule has 0 unspecified atom stereocenters. The van der Waals surface area contributed by atoms with Crippen LogP contribution in [0, 0.1) is 5.82 Å². The Hall–Kier alpha value is -2.62. The lowest BCUT2D eigenvalue weighted by Crippen LogP contribution is -2.58. The van der Waals surface area contributed by atoms with Gasteiger partial charge in [-0.2, -0.15) is 31.4 Å². The first-order valence-electron chi connectivity index (χ1n) is 7.43. The fourth-order valence-corrected chi connectivity index (χ4v) is 2.10. The number of para-hydroxylation sites is 1. The molecule has 3 nitrogen and oxygen atoms in total. The van der Waals surface area contributed by atoms with E-state index in [9.17, 15) is 35.8 Å². The van der Waals surface area contributed by atoms with Crippen molar-refractivity contribution in [2.45, 2.75) is 24.4 Å². The molecule has 0 aromatic heterocycles. The summed E-state index contributed by atoms with van der Waals surface area (Å²) in [6.07, 6.45) is -13.9. The van der Waals surface area contributed by atoms with Crippen LogP contribution >= 0.6 is 0 Å². The van der Waals surface area contributed by atoms with Crippen molar-refractivity contribution >= 4 is 11.4 Å². The van der Waals surface area contributed by atoms with E-state index in [-0.39, 0.29) is 5.56 Å². The lowest BCUT2D eigenvalue weighted by molar-refractivity contribution is -0.365. The molecule has 0 amide bonds. The number of halogens is 7. The first kappa shape index (κ1) is 20.7. The molecule has 0 bridgehead atoms. The summed E-state index contributed by atoms with van der Waals surface area (Å²) in [5.74, 6) is -0.740. The van der Waals surface area contributed by atoms with Crippen LogP contribution in [0.5, 0.6) is 0 Å². The number of rotatable bonds is 5. The number of benzene rings is 2. The third-order valence-electron chi connectivity index (χ3n) is 3.63. The molecule has 0 aliphatic carbocycles. The minimum absolute atomic E-state index is 0.216. The molecule has 0 radical (unpaired) electrons. The molecule has 0 fully saturated rings. The Kier molecular flexibility index (Phi) is 5.79. The van der Waals surface area contributed by atoms with Crippen LogP contribution in [0.15, 0.2) is 59.7 Å². The summed E-state index contributed by atoms with van der Waals surface area (Å²) in [6, 6.07) is 11.4. The van der Waals surface area contributed by atoms with Crippen molar-refractivity contribution in [2.75, 3.05) is 5.43 Å². The van der Waals surface area contributed by atoms with Crippen LogP contribution in [0.25, 0.3) is 0 Å². The van der Waals surface area contributed by atoms with E-state index in [2.05, 4.69) is 10.5 Å². The zero-order valence-electron chi connectivity index (χ0n) is 13.4. The predicted molar refractivity (Wildman–Crippen MR) is 84.7 cm³/mol. The second-order valence-corrected chi connectivity index (χ2v) is 5.58. The summed E-state index contributed by atoms with van der Waals surface area (Å²) < 4.78 is 91.0. The van der Waals surface area contributed by atoms with Gasteiger partial charge in [-0.1, -0.05) is 30.3 Å². The van der Waals surface area contributed by atoms with Crippen molar-refractivity contribution in [2.24, 2.45) is 5.10 Å². The van der Waals surface area contributed by atoms with Gasteiger partial charge < -0.3 is 5.11 Å². The van der Waals surface area contributed by atoms with E-state index < -0.39 is 35.9 Å². The van der Waals surface area contributed by atoms with Crippen molar-refractivity contribution in [1.29, 1.82) is 0 Å². The van der Waals surface area contributed by atoms with Gasteiger partial charge in [-0.05, 0) is 29.8 Å². The average Bonchev–Trinajstić information content (AvgIpc) is 2.58. The fourth-order valence-electron chi connectivity index (χ4n) is 2.10. The van der Waals surface area contributed by atoms with Crippen molar-refractivity contribution in [3.8, 4) is 0 Å². The number of anilines is 1. The maximum absolute atomic E-state index is 13.1. The molecule has 27 heavy (non-hydrogen) atoms. The highest BCUT2D eigenvalue weighted by molar-refractivity contribution is 6.01. The molecule has 10 heteroatoms. The minimum Gasteiger partial charge on any atom is -0.373 e. The molecule has 0 saturated heterocycles. The van der Waals surface area contributed by atoms with E-state index in [1.807, 2.05) is 0 Å². The SMILES string of the molecule is OC(C/C(=N/Nc1ccccc1)c1ccc(F)cc1)(C(F)(F)F)C(F)(F)F. The van der Waals surface area contributed by atoms with E-state index in [0.717, 1.165) is 24.3 Å². The first-order valence-corrected chi connectivity index (χ1v) is 7.43. The quantitative estimate of drug-likeness (QED) is 0.431. The van der Waals surface area contributed by atoms with E-state index in [0.29, 0.717) is 5.69 Å². The van der Waals surface area contributed by atoms with Gasteiger partial charge in [0.15, 0.2) is 0 Å². The maximum Gasteiger partial charge on any atom is 0.426 e. The molecular weight excluding hydrogens is 381 g/mol. The number of hydrogen-bond donors (Lipinski definition) is 2. The smallest absolute Gasteiger partial charge is 0.373 e. The molecule has 2 rings (SSSR count). The largest absolute Gasteiger partial charge is 0.426 e. The van der Waals surface area contributed by atoms with Gasteiger partial charge in [0.05, 0.1) is 11.4 Å². The number of hydrogen-bond acceptors (Lipinski definition) is 3. The van der Waals surface area contributed by atoms with Gasteiger partial charge in [0, 0.05) is 6.42 Å². The Morgan fingerprint density at radius 1 is 0.852 bits per heavy atom. The summed E-state index contributed by atoms with van der Waals surface area (Å²) in [6.45, 7) is 0. The van der Waals surface area contributed by atoms with Gasteiger partial charge >= 0.3 is 12.4 Å². The molecule has 2 aromatic rings. The number of nitrogens with zero attached hydrogens (tertiary/aromatic N) is 1. The molecule has 0 aliphatic heterocycles. The van der Waals surface area contributed by atoms with Gasteiger partial charge in [-0.15, -0.1) is 0 Å². The van der Waals surface area contributed by atoms with Gasteiger partial charge in [0.2, 0.25) is 0 Å². The summed E-state index contributed by atoms with van der Waals surface area (Å²) in [7, 11) is 0. The minimum atomic E-state index is -6.00. The first-order chi connectivity index (χ1) is 12.4. The van der Waals surface area contributed by atoms with Gasteiger partial charge in [-0.3, -0.25) is 5.43 Å². The highest BCUT2D eigenvalue weighted by atomic mass is 19.4. The van der Waals surface area contributed by atoms with Gasteiger partial charge in [0.25, 0.3) is 5.60 Å². The van der Waals surface area contributed by atoms with E-state index in [1.54, 1.807) is 18.2 Å². The van der Waals surface area contributed by atoms with E-state index in [4.69, 9.17) is 0 Å². The Bertz CT molecular complexity index is 770. The lowest BCUT2D eigenvalue weighted by Gasteiger charge is -2.32. The Morgan fingerprint density at radius 3 is 1.85 bits per heavy atom. The number of aliphatic hydroxyl groups is 1. The highest BCUT2D eigenvalue weighted by Gasteiger charge is 2.70. The lowest BCUT2D eigenvalue weighted by atomic mass is 9.92. The van der Waals surface area contributed by atoms with Crippen LogP contribution < -0.4 is 5.43 Å². The van der Waals surface area contributed by atoms with Gasteiger partial charge in [-0.25, -0.2) is 4.39 Å². The predicted octanol–water partition coefficient (Wildman–Crippen LogP) is 4.89. The molecule has 0 heterocycles. The third kappa shape index (κ3) is 4.76. The van der Waals surface area contributed by atoms with E-state index in [1.165, 1.54) is 12.1 Å². The van der Waals surface area contributed by atoms with Crippen molar-refractivity contribution in [3.05, 3.63) is 66.0 Å². The van der Waals surface area contributed by atoms with Crippen LogP contribution in [-0.4, -0.2) is 28.8 Å². The highest BCUT2D eigenvalue weighted by Crippen LogP contribution is 2.45. The number of alkyl halides is 6. The molecule has 0 spiro atoms. The maximum atomic E-state index is 13.1. The van der Waals surface area contributed by atoms with Crippen LogP contribution in [0.3, 0.4) is 0 Å². The van der Waals surface area contributed by atoms with Gasteiger partial charge in [0.1, 0.15) is 5.82 Å². The van der Waals surface area contributed by atoms with Crippen molar-refractivity contribution in [1.82, 2.24) is 0 Å². The summed E-state index contributed by atoms with van der Waals surface area (Å²) in [5.41, 5.74) is -3.37. The van der Waals surface area contributed by atoms with Crippen molar-refractivity contribution in [3.63, 3.8) is 0 Å². The molecule has 0 saturated carbocycles. The molecule has 146 valence electrons. The Morgan fingerprint density at radius 2 is 1.37 bits per heavy atom. The normalized spacial score (nSPS) is 13.6. The average molecular weight is 394 g/mol. The number of nitrogens with one attached hydrogen (secondary N) is 1. The molecule has 2 N–H and O–H groups in total. The molecular formula is C17H13F7N2O. The second kappa shape index (κ2) is 7.55. The zero-order valence-corrected chi connectivity index (χ0v) is 13.4. The van der Waals surface area contributed by atoms with Crippen LogP contribution in [0.2, 0.25) is 0 Å². The molecule has 0 aliphatic rings. The summed E-state index contributed by atoms with van der Waals surface area (Å²) in [5, 5.41) is 13.0. The molecule has 2 aromatic carbocycles. The zero-order chi connectivity index (χ0) is 20.3. The second-order valence-electron chi connectivity index (χ2n) is 5.58. The van der Waals surface area contributed by atoms with E-state index >= 15 is 0 Å². The monoisotopic (exact) mass is 394 g/mol. The summed E-state index contributed by atoms with van der Waals surface area (Å²) >= 11 is 0. The topological polar surface area (TPSA) is 44.6 Å². The van der Waals surface area contributed by atoms with Crippen LogP contribution in [0.1, 0.15) is 12.0 Å².